The molecule has 0 aliphatic rings. The van der Waals surface area contributed by atoms with Crippen LogP contribution in [0, 0.1) is 0 Å². The molecule has 290 valence electrons. The van der Waals surface area contributed by atoms with E-state index in [9.17, 15) is 11.8 Å². The molecule has 0 amide bonds. The number of hydrogen-bond acceptors (Lipinski definition) is 3. The molecule has 0 rings (SSSR count). The van der Waals surface area contributed by atoms with Crippen molar-refractivity contribution in [2.45, 2.75) is 270 Å². The van der Waals surface area contributed by atoms with Gasteiger partial charge in [-0.2, -0.15) is 0 Å². The fourth-order valence-electron chi connectivity index (χ4n) is 7.59. The van der Waals surface area contributed by atoms with Crippen LogP contribution in [-0.2, 0) is 24.7 Å². The van der Waals surface area contributed by atoms with Gasteiger partial charge in [0.15, 0.2) is 0 Å². The molecule has 0 radical (unpaired) electrons. The summed E-state index contributed by atoms with van der Waals surface area (Å²) in [5, 5.41) is 0. The van der Waals surface area contributed by atoms with E-state index in [2.05, 4.69) is 20.8 Å². The molecule has 0 saturated heterocycles. The zero-order chi connectivity index (χ0) is 35.3. The zero-order valence-electron chi connectivity index (χ0n) is 33.2. The molecule has 0 atom stereocenters. The summed E-state index contributed by atoms with van der Waals surface area (Å²) in [4.78, 5) is 0. The normalized spacial score (nSPS) is 12.3. The van der Waals surface area contributed by atoms with Crippen LogP contribution in [0.4, 0.5) is 0 Å². The predicted octanol–water partition coefficient (Wildman–Crippen LogP) is 15.7. The second kappa shape index (κ2) is 37.0. The van der Waals surface area contributed by atoms with E-state index in [1.54, 1.807) is 0 Å². The second-order valence-electron chi connectivity index (χ2n) is 15.6. The van der Waals surface area contributed by atoms with Crippen LogP contribution >= 0.6 is 0 Å². The van der Waals surface area contributed by atoms with Crippen LogP contribution < -0.4 is 0 Å². The van der Waals surface area contributed by atoms with Gasteiger partial charge in [-0.05, 0) is 0 Å². The van der Waals surface area contributed by atoms with E-state index >= 15 is 0 Å². The average Bonchev–Trinajstić information content (AvgIpc) is 3.05. The summed E-state index contributed by atoms with van der Waals surface area (Å²) >= 11 is -5.23. The van der Waals surface area contributed by atoms with E-state index in [1.807, 2.05) is 0 Å². The Hall–Kier alpha value is 0.269. The molecule has 1 N–H and O–H groups in total. The first-order valence-corrected chi connectivity index (χ1v) is 26.7. The third-order valence-electron chi connectivity index (χ3n) is 10.7. The molecule has 0 bridgehead atoms. The van der Waals surface area contributed by atoms with Crippen LogP contribution in [-0.4, -0.2) is 12.5 Å². The molecule has 0 aromatic rings. The summed E-state index contributed by atoms with van der Waals surface area (Å²) in [6.45, 7) is 6.84. The third kappa shape index (κ3) is 36.1. The molecule has 0 fully saturated rings. The first-order chi connectivity index (χ1) is 23.4. The van der Waals surface area contributed by atoms with Crippen molar-refractivity contribution in [2.75, 3.05) is 0 Å². The topological polar surface area (TPSA) is 63.6 Å². The Kier molecular flexibility index (Phi) is 37.2. The molecular weight excluding hydrogens is 649 g/mol. The van der Waals surface area contributed by atoms with Crippen molar-refractivity contribution in [3.63, 3.8) is 0 Å². The third-order valence-corrected chi connectivity index (χ3v) is 17.7. The Labute approximate surface area is 306 Å². The molecule has 48 heavy (non-hydrogen) atoms. The fourth-order valence-corrected chi connectivity index (χ4v) is 15.0. The predicted molar refractivity (Wildman–Crippen MR) is 208 cm³/mol. The number of rotatable bonds is 41. The fraction of sp³-hybridized carbons (Fsp3) is 1.00. The molecule has 0 heterocycles. The van der Waals surface area contributed by atoms with Gasteiger partial charge in [-0.3, -0.25) is 0 Å². The summed E-state index contributed by atoms with van der Waals surface area (Å²) < 4.78 is 40.3. The van der Waals surface area contributed by atoms with Gasteiger partial charge < -0.3 is 0 Å². The summed E-state index contributed by atoms with van der Waals surface area (Å²) in [5.74, 6) is 0. The van der Waals surface area contributed by atoms with Gasteiger partial charge in [0.1, 0.15) is 0 Å². The molecule has 0 aromatic carbocycles. The molecule has 0 aliphatic heterocycles. The van der Waals surface area contributed by atoms with E-state index < -0.39 is 21.9 Å². The summed E-state index contributed by atoms with van der Waals surface area (Å²) in [5.41, 5.74) is 0. The first-order valence-electron chi connectivity index (χ1n) is 22.1. The van der Waals surface area contributed by atoms with E-state index in [4.69, 9.17) is 3.48 Å². The van der Waals surface area contributed by atoms with Crippen molar-refractivity contribution < 1.29 is 28.9 Å². The van der Waals surface area contributed by atoms with Crippen molar-refractivity contribution in [3.8, 4) is 0 Å². The van der Waals surface area contributed by atoms with Crippen LogP contribution in [0.5, 0.6) is 0 Å². The number of unbranched alkanes of at least 4 members (excludes halogenated alkanes) is 33. The Bertz CT molecular complexity index is 660. The van der Waals surface area contributed by atoms with Crippen molar-refractivity contribution >= 4 is 8.32 Å². The molecule has 0 aromatic heterocycles. The van der Waals surface area contributed by atoms with Crippen LogP contribution in [0.25, 0.3) is 0 Å². The van der Waals surface area contributed by atoms with Crippen LogP contribution in [0.15, 0.2) is 0 Å². The number of hydrogen-bond donors (Lipinski definition) is 1. The van der Waals surface area contributed by atoms with Crippen molar-refractivity contribution in [2.24, 2.45) is 0 Å². The minimum atomic E-state index is -5.23. The standard InChI is InChI=1S/C42H87OSi.Cr.H2O.2O/c1-4-7-10-13-16-19-22-25-28-31-34-37-40-44(43,41-38-35-32-29-26-23-20-17-14-11-8-5-2)42-39-36-33-30-27-24-21-18-15-12-9-6-3;;;;/h4-42H2,1-3H3;;1H2;;/q-1;+2;;;/p-1. The van der Waals surface area contributed by atoms with Crippen LogP contribution in [0.1, 0.15) is 252 Å². The Morgan fingerprint density at radius 2 is 0.500 bits per heavy atom. The summed E-state index contributed by atoms with van der Waals surface area (Å²) in [6.07, 6.45) is 47.2. The molecule has 0 saturated carbocycles. The van der Waals surface area contributed by atoms with Gasteiger partial charge in [-0.1, -0.05) is 78.6 Å². The summed E-state index contributed by atoms with van der Waals surface area (Å²) in [6, 6.07) is 2.72. The monoisotopic (exact) mass is 737 g/mol. The van der Waals surface area contributed by atoms with Gasteiger partial charge in [0.05, 0.1) is 0 Å². The van der Waals surface area contributed by atoms with Crippen molar-refractivity contribution in [1.82, 2.24) is 0 Å². The maximum absolute atomic E-state index is 12.2. The zero-order valence-corrected chi connectivity index (χ0v) is 35.4. The average molecular weight is 737 g/mol. The quantitative estimate of drug-likeness (QED) is 0.0501. The SMILES string of the molecule is CCCCCCCCCCCCCC[Si](CCCCCCCCCCCCCC)(CCCCCCCCCCCCCC)[O][Cr](=[O])(=[O])[OH]. The van der Waals surface area contributed by atoms with E-state index in [0.717, 1.165) is 37.4 Å². The van der Waals surface area contributed by atoms with Crippen LogP contribution in [0.3, 0.4) is 0 Å². The van der Waals surface area contributed by atoms with E-state index in [0.29, 0.717) is 0 Å². The van der Waals surface area contributed by atoms with Gasteiger partial charge in [0, 0.05) is 0 Å². The summed E-state index contributed by atoms with van der Waals surface area (Å²) in [7, 11) is -2.53. The second-order valence-corrected chi connectivity index (χ2v) is 21.8. The molecule has 0 spiro atoms. The molecule has 6 heteroatoms. The van der Waals surface area contributed by atoms with Gasteiger partial charge in [-0.15, -0.1) is 0 Å². The van der Waals surface area contributed by atoms with Crippen molar-refractivity contribution in [3.05, 3.63) is 0 Å². The Morgan fingerprint density at radius 3 is 0.667 bits per heavy atom. The van der Waals surface area contributed by atoms with Crippen molar-refractivity contribution in [1.29, 1.82) is 0 Å². The van der Waals surface area contributed by atoms with Gasteiger partial charge in [-0.25, -0.2) is 0 Å². The first kappa shape index (κ1) is 48.3. The maximum atomic E-state index is 12.2. The van der Waals surface area contributed by atoms with Gasteiger partial charge in [0.25, 0.3) is 0 Å². The molecule has 0 unspecified atom stereocenters. The molecule has 4 nitrogen and oxygen atoms in total. The van der Waals surface area contributed by atoms with Gasteiger partial charge >= 0.3 is 229 Å². The molecular formula is C42H88CrO4Si. The minimum absolute atomic E-state index is 0.907. The Morgan fingerprint density at radius 1 is 0.333 bits per heavy atom. The Balaban J connectivity index is 4.62. The molecule has 0 aliphatic carbocycles. The van der Waals surface area contributed by atoms with E-state index in [-0.39, 0.29) is 0 Å². The van der Waals surface area contributed by atoms with E-state index in [1.165, 1.54) is 212 Å². The van der Waals surface area contributed by atoms with Crippen LogP contribution in [0.2, 0.25) is 18.1 Å². The van der Waals surface area contributed by atoms with Gasteiger partial charge in [0.2, 0.25) is 0 Å².